The Morgan fingerprint density at radius 2 is 1.89 bits per heavy atom. The summed E-state index contributed by atoms with van der Waals surface area (Å²) in [5.74, 6) is 2.50. The molecule has 0 spiro atoms. The molecule has 2 aromatic carbocycles. The summed E-state index contributed by atoms with van der Waals surface area (Å²) in [6.45, 7) is 3.58. The van der Waals surface area contributed by atoms with Crippen molar-refractivity contribution >= 4 is 17.3 Å². The summed E-state index contributed by atoms with van der Waals surface area (Å²) < 4.78 is 11.0. The molecule has 0 unspecified atom stereocenters. The molecule has 142 valence electrons. The van der Waals surface area contributed by atoms with Gasteiger partial charge in [-0.25, -0.2) is 0 Å². The zero-order chi connectivity index (χ0) is 19.1. The molecule has 1 aliphatic rings. The molecule has 0 amide bonds. The first kappa shape index (κ1) is 19.0. The van der Waals surface area contributed by atoms with E-state index in [1.54, 1.807) is 7.11 Å². The summed E-state index contributed by atoms with van der Waals surface area (Å²) >= 11 is 0. The Bertz CT molecular complexity index is 799. The Balaban J connectivity index is 1.86. The van der Waals surface area contributed by atoms with E-state index < -0.39 is 0 Å². The van der Waals surface area contributed by atoms with Crippen LogP contribution >= 0.6 is 0 Å². The second kappa shape index (κ2) is 9.21. The van der Waals surface area contributed by atoms with Gasteiger partial charge in [-0.05, 0) is 56.2 Å². The van der Waals surface area contributed by atoms with Crippen LogP contribution in [0.3, 0.4) is 0 Å². The molecule has 5 heteroatoms. The van der Waals surface area contributed by atoms with Crippen molar-refractivity contribution in [2.24, 2.45) is 4.99 Å². The molecule has 0 aliphatic carbocycles. The van der Waals surface area contributed by atoms with Gasteiger partial charge in [0.05, 0.1) is 25.9 Å². The Kier molecular flexibility index (Phi) is 6.47. The maximum Gasteiger partial charge on any atom is 0.182 e. The number of Topliss-reactive ketones (excluding diaryl/α,β-unsaturated/α-hetero) is 1. The first-order chi connectivity index (χ1) is 13.2. The minimum Gasteiger partial charge on any atom is -0.495 e. The highest BCUT2D eigenvalue weighted by atomic mass is 16.5. The molecular weight excluding hydrogens is 340 g/mol. The summed E-state index contributed by atoms with van der Waals surface area (Å²) in [4.78, 5) is 19.6. The van der Waals surface area contributed by atoms with Crippen molar-refractivity contribution in [2.75, 3.05) is 31.7 Å². The van der Waals surface area contributed by atoms with Gasteiger partial charge in [0.25, 0.3) is 0 Å². The summed E-state index contributed by atoms with van der Waals surface area (Å²) in [6.07, 6.45) is 3.05. The van der Waals surface area contributed by atoms with Gasteiger partial charge in [-0.1, -0.05) is 12.1 Å². The fourth-order valence-electron chi connectivity index (χ4n) is 3.21. The lowest BCUT2D eigenvalue weighted by molar-refractivity contribution is 0.100. The Morgan fingerprint density at radius 1 is 1.11 bits per heavy atom. The number of ketones is 1. The van der Waals surface area contributed by atoms with Crippen LogP contribution in [-0.4, -0.2) is 38.4 Å². The predicted molar refractivity (Wildman–Crippen MR) is 108 cm³/mol. The normalized spacial score (nSPS) is 13.6. The van der Waals surface area contributed by atoms with Crippen molar-refractivity contribution in [2.45, 2.75) is 26.2 Å². The third kappa shape index (κ3) is 4.67. The van der Waals surface area contributed by atoms with Crippen LogP contribution in [0.15, 0.2) is 53.5 Å². The van der Waals surface area contributed by atoms with Crippen LogP contribution in [0.5, 0.6) is 11.5 Å². The maximum absolute atomic E-state index is 13.0. The molecule has 1 heterocycles. The van der Waals surface area contributed by atoms with E-state index in [2.05, 4.69) is 4.99 Å². The minimum absolute atomic E-state index is 0.0391. The largest absolute Gasteiger partial charge is 0.495 e. The third-order valence-electron chi connectivity index (χ3n) is 4.58. The Hall–Kier alpha value is -2.82. The number of para-hydroxylation sites is 2. The standard InChI is InChI=1S/C22H26N2O3/c1-3-27-18-13-11-17(12-14-18)20(25)16-24(22-10-6-7-15-23-22)19-8-4-5-9-21(19)26-2/h4-5,8-9,11-14H,3,6-7,10,15-16H2,1-2H3. The fraction of sp³-hybridized carbons (Fsp3) is 0.364. The topological polar surface area (TPSA) is 51.1 Å². The van der Waals surface area contributed by atoms with Crippen molar-refractivity contribution in [3.05, 3.63) is 54.1 Å². The molecule has 27 heavy (non-hydrogen) atoms. The molecule has 0 fully saturated rings. The molecule has 0 saturated heterocycles. The quantitative estimate of drug-likeness (QED) is 0.683. The van der Waals surface area contributed by atoms with E-state index in [4.69, 9.17) is 9.47 Å². The average molecular weight is 366 g/mol. The van der Waals surface area contributed by atoms with Crippen molar-refractivity contribution < 1.29 is 14.3 Å². The van der Waals surface area contributed by atoms with Gasteiger partial charge in [0.15, 0.2) is 5.78 Å². The number of nitrogens with zero attached hydrogens (tertiary/aromatic N) is 2. The van der Waals surface area contributed by atoms with E-state index in [1.165, 1.54) is 0 Å². The average Bonchev–Trinajstić information content (AvgIpc) is 2.73. The number of amidine groups is 1. The molecule has 5 nitrogen and oxygen atoms in total. The molecule has 3 rings (SSSR count). The van der Waals surface area contributed by atoms with Crippen molar-refractivity contribution in [1.29, 1.82) is 0 Å². The predicted octanol–water partition coefficient (Wildman–Crippen LogP) is 4.37. The minimum atomic E-state index is 0.0391. The van der Waals surface area contributed by atoms with E-state index in [9.17, 15) is 4.79 Å². The zero-order valence-electron chi connectivity index (χ0n) is 16.0. The lowest BCUT2D eigenvalue weighted by Crippen LogP contribution is -2.37. The van der Waals surface area contributed by atoms with Gasteiger partial charge < -0.3 is 14.4 Å². The number of carbonyl (C=O) groups excluding carboxylic acids is 1. The highest BCUT2D eigenvalue weighted by Gasteiger charge is 2.22. The number of carbonyl (C=O) groups is 1. The summed E-state index contributed by atoms with van der Waals surface area (Å²) in [6, 6.07) is 15.1. The number of ether oxygens (including phenoxy) is 2. The highest BCUT2D eigenvalue weighted by molar-refractivity contribution is 6.08. The molecule has 2 aromatic rings. The molecular formula is C22H26N2O3. The van der Waals surface area contributed by atoms with E-state index in [-0.39, 0.29) is 12.3 Å². The summed E-state index contributed by atoms with van der Waals surface area (Å²) in [5, 5.41) is 0. The van der Waals surface area contributed by atoms with Gasteiger partial charge in [0.2, 0.25) is 0 Å². The van der Waals surface area contributed by atoms with Gasteiger partial charge in [0, 0.05) is 18.5 Å². The van der Waals surface area contributed by atoms with Crippen LogP contribution in [0.2, 0.25) is 0 Å². The maximum atomic E-state index is 13.0. The van der Waals surface area contributed by atoms with Crippen LogP contribution < -0.4 is 14.4 Å². The number of hydrogen-bond donors (Lipinski definition) is 0. The van der Waals surface area contributed by atoms with Crippen molar-refractivity contribution in [3.8, 4) is 11.5 Å². The third-order valence-corrected chi connectivity index (χ3v) is 4.58. The van der Waals surface area contributed by atoms with Gasteiger partial charge in [0.1, 0.15) is 17.3 Å². The SMILES string of the molecule is CCOc1ccc(C(=O)CN(C2=NCCCC2)c2ccccc2OC)cc1. The number of hydrogen-bond acceptors (Lipinski definition) is 5. The van der Waals surface area contributed by atoms with Crippen LogP contribution in [0.25, 0.3) is 0 Å². The molecule has 0 radical (unpaired) electrons. The monoisotopic (exact) mass is 366 g/mol. The second-order valence-electron chi connectivity index (χ2n) is 6.39. The zero-order valence-corrected chi connectivity index (χ0v) is 16.0. The fourth-order valence-corrected chi connectivity index (χ4v) is 3.21. The van der Waals surface area contributed by atoms with E-state index in [0.717, 1.165) is 48.8 Å². The van der Waals surface area contributed by atoms with E-state index in [0.29, 0.717) is 12.2 Å². The number of aliphatic imine (C=N–C) groups is 1. The number of anilines is 1. The Morgan fingerprint density at radius 3 is 2.56 bits per heavy atom. The highest BCUT2D eigenvalue weighted by Crippen LogP contribution is 2.30. The van der Waals surface area contributed by atoms with Crippen molar-refractivity contribution in [1.82, 2.24) is 0 Å². The second-order valence-corrected chi connectivity index (χ2v) is 6.39. The molecule has 0 saturated carbocycles. The first-order valence-corrected chi connectivity index (χ1v) is 9.43. The lowest BCUT2D eigenvalue weighted by atomic mass is 10.1. The van der Waals surface area contributed by atoms with Gasteiger partial charge in [-0.3, -0.25) is 9.79 Å². The molecule has 0 aromatic heterocycles. The van der Waals surface area contributed by atoms with Crippen LogP contribution in [0.4, 0.5) is 5.69 Å². The lowest BCUT2D eigenvalue weighted by Gasteiger charge is -2.29. The van der Waals surface area contributed by atoms with E-state index in [1.807, 2.05) is 60.4 Å². The summed E-state index contributed by atoms with van der Waals surface area (Å²) in [7, 11) is 1.65. The van der Waals surface area contributed by atoms with Crippen molar-refractivity contribution in [3.63, 3.8) is 0 Å². The Labute approximate surface area is 160 Å². The number of rotatable bonds is 7. The molecule has 0 N–H and O–H groups in total. The van der Waals surface area contributed by atoms with Crippen LogP contribution in [0.1, 0.15) is 36.5 Å². The van der Waals surface area contributed by atoms with Gasteiger partial charge in [-0.15, -0.1) is 0 Å². The van der Waals surface area contributed by atoms with Crippen LogP contribution in [-0.2, 0) is 0 Å². The number of benzene rings is 2. The smallest absolute Gasteiger partial charge is 0.182 e. The van der Waals surface area contributed by atoms with Gasteiger partial charge in [-0.2, -0.15) is 0 Å². The molecule has 0 atom stereocenters. The van der Waals surface area contributed by atoms with E-state index >= 15 is 0 Å². The van der Waals surface area contributed by atoms with Gasteiger partial charge >= 0.3 is 0 Å². The summed E-state index contributed by atoms with van der Waals surface area (Å²) in [5.41, 5.74) is 1.54. The first-order valence-electron chi connectivity index (χ1n) is 9.43. The number of methoxy groups -OCH3 is 1. The molecule has 0 bridgehead atoms. The molecule has 1 aliphatic heterocycles. The van der Waals surface area contributed by atoms with Crippen LogP contribution in [0, 0.1) is 0 Å².